The summed E-state index contributed by atoms with van der Waals surface area (Å²) in [7, 11) is 1.79. The summed E-state index contributed by atoms with van der Waals surface area (Å²) in [5.41, 5.74) is 5.85. The molecule has 0 unspecified atom stereocenters. The third-order valence-corrected chi connectivity index (χ3v) is 4.55. The van der Waals surface area contributed by atoms with Crippen LogP contribution in [-0.4, -0.2) is 25.0 Å². The third kappa shape index (κ3) is 2.85. The third-order valence-electron chi connectivity index (χ3n) is 4.55. The van der Waals surface area contributed by atoms with Gasteiger partial charge in [0.25, 0.3) is 5.56 Å². The molecule has 0 atom stereocenters. The van der Waals surface area contributed by atoms with Crippen LogP contribution in [0.1, 0.15) is 11.5 Å². The second-order valence-corrected chi connectivity index (χ2v) is 6.22. The van der Waals surface area contributed by atoms with Crippen LogP contribution < -0.4 is 11.0 Å². The molecule has 0 radical (unpaired) electrons. The van der Waals surface area contributed by atoms with Crippen molar-refractivity contribution in [3.05, 3.63) is 76.5 Å². The Morgan fingerprint density at radius 1 is 1.18 bits per heavy atom. The van der Waals surface area contributed by atoms with Gasteiger partial charge in [-0.1, -0.05) is 30.3 Å². The first-order valence-electron chi connectivity index (χ1n) is 8.63. The van der Waals surface area contributed by atoms with Crippen molar-refractivity contribution in [1.29, 1.82) is 5.26 Å². The van der Waals surface area contributed by atoms with E-state index in [2.05, 4.69) is 20.5 Å². The average molecular weight is 371 g/mol. The molecule has 0 bridgehead atoms. The van der Waals surface area contributed by atoms with E-state index in [0.29, 0.717) is 17.2 Å². The molecule has 0 aliphatic heterocycles. The van der Waals surface area contributed by atoms with Crippen LogP contribution in [0.3, 0.4) is 0 Å². The summed E-state index contributed by atoms with van der Waals surface area (Å²) in [6.45, 7) is 1.81. The molecule has 2 N–H and O–H groups in total. The van der Waals surface area contributed by atoms with E-state index in [1.807, 2.05) is 67.6 Å². The van der Waals surface area contributed by atoms with E-state index >= 15 is 0 Å². The fraction of sp³-hybridized carbons (Fsp3) is 0.100. The van der Waals surface area contributed by atoms with Crippen LogP contribution in [0.15, 0.2) is 64.5 Å². The van der Waals surface area contributed by atoms with E-state index in [4.69, 9.17) is 0 Å². The standard InChI is InChI=1S/C20H17N7O/c1-13-18(20(28)27(26(13)2)14-8-4-3-5-9-14)25-24-17(12-21)19-22-15-10-6-7-11-16(15)23-19/h3-11,25H,1-2H3,(H,22,23)/b24-17-. The van der Waals surface area contributed by atoms with Gasteiger partial charge in [-0.25, -0.2) is 9.67 Å². The Hall–Kier alpha value is -4.12. The van der Waals surface area contributed by atoms with Gasteiger partial charge in [0.15, 0.2) is 5.82 Å². The summed E-state index contributed by atoms with van der Waals surface area (Å²) in [5, 5.41) is 13.6. The highest BCUT2D eigenvalue weighted by Crippen LogP contribution is 2.15. The molecule has 0 saturated heterocycles. The number of para-hydroxylation sites is 3. The van der Waals surface area contributed by atoms with Crippen molar-refractivity contribution in [2.45, 2.75) is 6.92 Å². The number of fused-ring (bicyclic) bond motifs is 1. The molecule has 2 aromatic heterocycles. The summed E-state index contributed by atoms with van der Waals surface area (Å²) in [6, 6.07) is 18.8. The van der Waals surface area contributed by atoms with E-state index in [1.165, 1.54) is 0 Å². The molecule has 4 rings (SSSR count). The van der Waals surface area contributed by atoms with E-state index in [9.17, 15) is 10.1 Å². The Morgan fingerprint density at radius 3 is 2.61 bits per heavy atom. The molecule has 2 heterocycles. The number of aromatic amines is 1. The van der Waals surface area contributed by atoms with Crippen LogP contribution in [0.4, 0.5) is 5.69 Å². The van der Waals surface area contributed by atoms with Crippen LogP contribution in [0.2, 0.25) is 0 Å². The number of aromatic nitrogens is 4. The monoisotopic (exact) mass is 371 g/mol. The largest absolute Gasteiger partial charge is 0.336 e. The van der Waals surface area contributed by atoms with Gasteiger partial charge in [0.2, 0.25) is 5.71 Å². The minimum Gasteiger partial charge on any atom is -0.336 e. The van der Waals surface area contributed by atoms with E-state index < -0.39 is 0 Å². The van der Waals surface area contributed by atoms with Gasteiger partial charge in [-0.15, -0.1) is 0 Å². The Balaban J connectivity index is 1.72. The van der Waals surface area contributed by atoms with Crippen molar-refractivity contribution < 1.29 is 0 Å². The molecule has 138 valence electrons. The molecular weight excluding hydrogens is 354 g/mol. The summed E-state index contributed by atoms with van der Waals surface area (Å²) >= 11 is 0. The zero-order chi connectivity index (χ0) is 19.7. The first kappa shape index (κ1) is 17.3. The molecule has 0 aliphatic rings. The van der Waals surface area contributed by atoms with Gasteiger partial charge in [0.05, 0.1) is 22.4 Å². The number of nitrogens with zero attached hydrogens (tertiary/aromatic N) is 5. The van der Waals surface area contributed by atoms with Crippen molar-refractivity contribution in [2.75, 3.05) is 5.43 Å². The maximum absolute atomic E-state index is 12.9. The van der Waals surface area contributed by atoms with Gasteiger partial charge < -0.3 is 4.98 Å². The van der Waals surface area contributed by atoms with E-state index in [0.717, 1.165) is 16.7 Å². The maximum atomic E-state index is 12.9. The second kappa shape index (κ2) is 6.89. The number of anilines is 1. The smallest absolute Gasteiger partial charge is 0.296 e. The van der Waals surface area contributed by atoms with Crippen LogP contribution in [-0.2, 0) is 7.05 Å². The molecule has 8 nitrogen and oxygen atoms in total. The SMILES string of the molecule is Cc1c(N/N=C(/C#N)c2nc3ccccc3[nH]2)c(=O)n(-c2ccccc2)n1C. The predicted octanol–water partition coefficient (Wildman–Crippen LogP) is 2.70. The molecule has 28 heavy (non-hydrogen) atoms. The second-order valence-electron chi connectivity index (χ2n) is 6.22. The molecule has 4 aromatic rings. The van der Waals surface area contributed by atoms with Gasteiger partial charge in [-0.3, -0.25) is 14.9 Å². The Labute approximate surface area is 160 Å². The van der Waals surface area contributed by atoms with E-state index in [1.54, 1.807) is 16.4 Å². The van der Waals surface area contributed by atoms with Gasteiger partial charge in [-0.2, -0.15) is 10.4 Å². The molecular formula is C20H17N7O. The quantitative estimate of drug-likeness (QED) is 0.425. The molecule has 0 spiro atoms. The topological polar surface area (TPSA) is 104 Å². The van der Waals surface area contributed by atoms with Crippen molar-refractivity contribution >= 4 is 22.4 Å². The lowest BCUT2D eigenvalue weighted by Crippen LogP contribution is -2.20. The Bertz CT molecular complexity index is 1250. The summed E-state index contributed by atoms with van der Waals surface area (Å²) in [6.07, 6.45) is 0. The predicted molar refractivity (Wildman–Crippen MR) is 108 cm³/mol. The zero-order valence-electron chi connectivity index (χ0n) is 15.3. The molecule has 0 saturated carbocycles. The number of hydrogen-bond acceptors (Lipinski definition) is 5. The van der Waals surface area contributed by atoms with Crippen molar-refractivity contribution in [3.8, 4) is 11.8 Å². The number of benzene rings is 2. The number of nitriles is 1. The number of hydrazone groups is 1. The van der Waals surface area contributed by atoms with Crippen molar-refractivity contribution in [2.24, 2.45) is 12.1 Å². The highest BCUT2D eigenvalue weighted by Gasteiger charge is 2.16. The van der Waals surface area contributed by atoms with Gasteiger partial charge in [-0.05, 0) is 31.2 Å². The molecule has 0 aliphatic carbocycles. The lowest BCUT2D eigenvalue weighted by molar-refractivity contribution is 0.630. The summed E-state index contributed by atoms with van der Waals surface area (Å²) in [5.74, 6) is 0.341. The number of rotatable bonds is 4. The summed E-state index contributed by atoms with van der Waals surface area (Å²) < 4.78 is 3.28. The maximum Gasteiger partial charge on any atom is 0.296 e. The van der Waals surface area contributed by atoms with Gasteiger partial charge in [0, 0.05) is 7.05 Å². The number of imidazole rings is 1. The normalized spacial score (nSPS) is 11.5. The van der Waals surface area contributed by atoms with Crippen LogP contribution in [0.25, 0.3) is 16.7 Å². The lowest BCUT2D eigenvalue weighted by Gasteiger charge is -2.07. The molecule has 8 heteroatoms. The van der Waals surface area contributed by atoms with Crippen molar-refractivity contribution in [1.82, 2.24) is 19.3 Å². The minimum absolute atomic E-state index is 0.0603. The zero-order valence-corrected chi connectivity index (χ0v) is 15.3. The highest BCUT2D eigenvalue weighted by molar-refractivity contribution is 6.10. The fourth-order valence-corrected chi connectivity index (χ4v) is 3.00. The number of nitrogens with one attached hydrogen (secondary N) is 2. The molecule has 0 fully saturated rings. The Morgan fingerprint density at radius 2 is 1.89 bits per heavy atom. The average Bonchev–Trinajstić information content (AvgIpc) is 3.23. The summed E-state index contributed by atoms with van der Waals surface area (Å²) in [4.78, 5) is 20.3. The van der Waals surface area contributed by atoms with Gasteiger partial charge in [0.1, 0.15) is 11.8 Å². The molecule has 2 aromatic carbocycles. The van der Waals surface area contributed by atoms with Crippen molar-refractivity contribution in [3.63, 3.8) is 0 Å². The number of hydrogen-bond donors (Lipinski definition) is 2. The van der Waals surface area contributed by atoms with Crippen LogP contribution in [0, 0.1) is 18.3 Å². The minimum atomic E-state index is -0.253. The first-order valence-corrected chi connectivity index (χ1v) is 8.63. The lowest BCUT2D eigenvalue weighted by atomic mass is 10.3. The first-order chi connectivity index (χ1) is 13.6. The Kier molecular flexibility index (Phi) is 4.26. The van der Waals surface area contributed by atoms with E-state index in [-0.39, 0.29) is 11.3 Å². The highest BCUT2D eigenvalue weighted by atomic mass is 16.1. The van der Waals surface area contributed by atoms with Gasteiger partial charge >= 0.3 is 0 Å². The number of H-pyrrole nitrogens is 1. The molecule has 0 amide bonds. The van der Waals surface area contributed by atoms with Crippen LogP contribution >= 0.6 is 0 Å². The van der Waals surface area contributed by atoms with Crippen LogP contribution in [0.5, 0.6) is 0 Å². The fourth-order valence-electron chi connectivity index (χ4n) is 3.00.